The number of H-pyrrole nitrogens is 1. The second-order valence-electron chi connectivity index (χ2n) is 11.2. The lowest BCUT2D eigenvalue weighted by Crippen LogP contribution is -2.57. The van der Waals surface area contributed by atoms with Crippen molar-refractivity contribution in [1.29, 1.82) is 0 Å². The molecule has 1 aromatic heterocycles. The molecule has 0 saturated heterocycles. The zero-order valence-corrected chi connectivity index (χ0v) is 25.8. The predicted octanol–water partition coefficient (Wildman–Crippen LogP) is -1.27. The van der Waals surface area contributed by atoms with Crippen LogP contribution < -0.4 is 44.6 Å². The van der Waals surface area contributed by atoms with Gasteiger partial charge in [-0.05, 0) is 49.7 Å². The van der Waals surface area contributed by atoms with E-state index in [-0.39, 0.29) is 50.1 Å². The summed E-state index contributed by atoms with van der Waals surface area (Å²) >= 11 is 0. The van der Waals surface area contributed by atoms with Crippen molar-refractivity contribution in [3.63, 3.8) is 0 Å². The van der Waals surface area contributed by atoms with Gasteiger partial charge >= 0.3 is 5.97 Å². The van der Waals surface area contributed by atoms with Crippen LogP contribution in [0.2, 0.25) is 0 Å². The van der Waals surface area contributed by atoms with Crippen LogP contribution in [0, 0.1) is 5.92 Å². The summed E-state index contributed by atoms with van der Waals surface area (Å²) in [6.07, 6.45) is 3.16. The summed E-state index contributed by atoms with van der Waals surface area (Å²) < 4.78 is 0. The number of nitrogens with zero attached hydrogens (tertiary/aromatic N) is 2. The molecule has 15 N–H and O–H groups in total. The van der Waals surface area contributed by atoms with E-state index in [9.17, 15) is 24.3 Å². The van der Waals surface area contributed by atoms with Crippen molar-refractivity contribution in [2.24, 2.45) is 44.6 Å². The van der Waals surface area contributed by atoms with E-state index in [1.807, 2.05) is 38.1 Å². The normalized spacial score (nSPS) is 13.7. The molecule has 0 aliphatic heterocycles. The van der Waals surface area contributed by atoms with E-state index in [2.05, 4.69) is 30.9 Å². The van der Waals surface area contributed by atoms with Crippen LogP contribution in [0.1, 0.15) is 51.5 Å². The van der Waals surface area contributed by atoms with Crippen molar-refractivity contribution < 1.29 is 24.3 Å². The van der Waals surface area contributed by atoms with Gasteiger partial charge in [0.15, 0.2) is 11.9 Å². The number of aromatic amines is 1. The van der Waals surface area contributed by atoms with Crippen molar-refractivity contribution >= 4 is 46.5 Å². The van der Waals surface area contributed by atoms with Gasteiger partial charge in [0.05, 0.1) is 6.04 Å². The number of aromatic nitrogens is 1. The van der Waals surface area contributed by atoms with E-state index in [0.717, 1.165) is 16.5 Å². The zero-order valence-electron chi connectivity index (χ0n) is 25.8. The SMILES string of the molecule is CC(C)CC(NC(=O)C(Cc1c[nH]c2ccccc12)NC(=O)C(N)CCCN=C(N)N)C(=O)NC(CCCN=C(N)N)C(=O)O. The minimum absolute atomic E-state index is 0.0357. The molecule has 248 valence electrons. The molecule has 45 heavy (non-hydrogen) atoms. The number of rotatable bonds is 19. The number of guanidine groups is 2. The number of benzene rings is 1. The van der Waals surface area contributed by atoms with Gasteiger partial charge in [0.25, 0.3) is 0 Å². The van der Waals surface area contributed by atoms with Crippen LogP contribution >= 0.6 is 0 Å². The molecule has 0 fully saturated rings. The molecule has 0 aliphatic rings. The molecule has 4 atom stereocenters. The summed E-state index contributed by atoms with van der Waals surface area (Å²) in [5.74, 6) is -3.30. The van der Waals surface area contributed by atoms with Gasteiger partial charge in [0, 0.05) is 36.6 Å². The van der Waals surface area contributed by atoms with Crippen molar-refractivity contribution in [2.75, 3.05) is 13.1 Å². The topological polar surface area (TPSA) is 295 Å². The van der Waals surface area contributed by atoms with Crippen molar-refractivity contribution in [3.05, 3.63) is 36.0 Å². The Bertz CT molecular complexity index is 1350. The quantitative estimate of drug-likeness (QED) is 0.0499. The molecule has 3 amide bonds. The van der Waals surface area contributed by atoms with E-state index in [0.29, 0.717) is 19.4 Å². The van der Waals surface area contributed by atoms with Crippen LogP contribution in [0.25, 0.3) is 10.9 Å². The Morgan fingerprint density at radius 3 is 1.98 bits per heavy atom. The summed E-state index contributed by atoms with van der Waals surface area (Å²) in [4.78, 5) is 62.9. The molecule has 4 unspecified atom stereocenters. The van der Waals surface area contributed by atoms with Crippen LogP contribution in [0.15, 0.2) is 40.4 Å². The van der Waals surface area contributed by atoms with Crippen LogP contribution in [0.3, 0.4) is 0 Å². The fourth-order valence-corrected chi connectivity index (χ4v) is 4.67. The Balaban J connectivity index is 2.24. The molecule has 0 spiro atoms. The number of fused-ring (bicyclic) bond motifs is 1. The third-order valence-electron chi connectivity index (χ3n) is 6.94. The molecule has 2 rings (SSSR count). The first-order valence-corrected chi connectivity index (χ1v) is 14.8. The maximum absolute atomic E-state index is 13.7. The Morgan fingerprint density at radius 1 is 0.822 bits per heavy atom. The first-order valence-electron chi connectivity index (χ1n) is 14.8. The minimum Gasteiger partial charge on any atom is -0.480 e. The number of nitrogens with one attached hydrogen (secondary N) is 4. The number of para-hydroxylation sites is 1. The van der Waals surface area contributed by atoms with Crippen LogP contribution in [0.4, 0.5) is 0 Å². The van der Waals surface area contributed by atoms with Gasteiger partial charge in [0.1, 0.15) is 18.1 Å². The molecule has 16 heteroatoms. The van der Waals surface area contributed by atoms with E-state index in [1.54, 1.807) is 6.20 Å². The van der Waals surface area contributed by atoms with Gasteiger partial charge < -0.3 is 54.7 Å². The summed E-state index contributed by atoms with van der Waals surface area (Å²) in [7, 11) is 0. The van der Waals surface area contributed by atoms with Crippen LogP contribution in [-0.2, 0) is 25.6 Å². The van der Waals surface area contributed by atoms with Gasteiger partial charge in [-0.2, -0.15) is 0 Å². The molecule has 0 aliphatic carbocycles. The number of carboxylic acid groups (broad SMARTS) is 1. The Hall–Kier alpha value is -4.86. The molecule has 1 heterocycles. The van der Waals surface area contributed by atoms with Gasteiger partial charge in [-0.1, -0.05) is 32.0 Å². The second-order valence-corrected chi connectivity index (χ2v) is 11.2. The fraction of sp³-hybridized carbons (Fsp3) is 0.517. The fourth-order valence-electron chi connectivity index (χ4n) is 4.67. The van der Waals surface area contributed by atoms with Crippen LogP contribution in [0.5, 0.6) is 0 Å². The Kier molecular flexibility index (Phi) is 14.6. The van der Waals surface area contributed by atoms with E-state index < -0.39 is 47.9 Å². The molecule has 0 radical (unpaired) electrons. The van der Waals surface area contributed by atoms with Gasteiger partial charge in [-0.25, -0.2) is 4.79 Å². The summed E-state index contributed by atoms with van der Waals surface area (Å²) in [6.45, 7) is 4.21. The number of nitrogens with two attached hydrogens (primary N) is 5. The summed E-state index contributed by atoms with van der Waals surface area (Å²) in [6, 6.07) is 3.17. The maximum Gasteiger partial charge on any atom is 0.326 e. The van der Waals surface area contributed by atoms with Gasteiger partial charge in [-0.15, -0.1) is 0 Å². The second kappa shape index (κ2) is 18.1. The smallest absolute Gasteiger partial charge is 0.326 e. The number of amides is 3. The van der Waals surface area contributed by atoms with E-state index >= 15 is 0 Å². The summed E-state index contributed by atoms with van der Waals surface area (Å²) in [5, 5.41) is 18.5. The average molecular weight is 630 g/mol. The predicted molar refractivity (Wildman–Crippen MR) is 173 cm³/mol. The molecular weight excluding hydrogens is 582 g/mol. The lowest BCUT2D eigenvalue weighted by molar-refractivity contribution is -0.142. The van der Waals surface area contributed by atoms with E-state index in [1.165, 1.54) is 0 Å². The number of hydrogen-bond donors (Lipinski definition) is 10. The van der Waals surface area contributed by atoms with Crippen molar-refractivity contribution in [3.8, 4) is 0 Å². The number of carbonyl (C=O) groups excluding carboxylic acids is 3. The van der Waals surface area contributed by atoms with Crippen molar-refractivity contribution in [2.45, 2.75) is 76.5 Å². The lowest BCUT2D eigenvalue weighted by Gasteiger charge is -2.26. The largest absolute Gasteiger partial charge is 0.480 e. The Labute approximate surface area is 262 Å². The number of aliphatic imine (C=N–C) groups is 2. The highest BCUT2D eigenvalue weighted by Gasteiger charge is 2.31. The van der Waals surface area contributed by atoms with Gasteiger partial charge in [-0.3, -0.25) is 24.4 Å². The monoisotopic (exact) mass is 629 g/mol. The third-order valence-corrected chi connectivity index (χ3v) is 6.94. The summed E-state index contributed by atoms with van der Waals surface area (Å²) in [5.41, 5.74) is 29.0. The molecule has 0 saturated carbocycles. The molecule has 2 aromatic rings. The standard InChI is InChI=1S/C29H47N11O5/c1-16(2)13-22(25(42)38-21(27(44)45)10-6-12-36-29(33)34)40-26(43)23(14-17-15-37-20-9-4-3-7-18(17)20)39-24(41)19(30)8-5-11-35-28(31)32/h3-4,7,9,15-16,19,21-23,37H,5-6,8,10-14,30H2,1-2H3,(H,38,42)(H,39,41)(H,40,43)(H,44,45)(H4,31,32,35)(H4,33,34,36). The van der Waals surface area contributed by atoms with Gasteiger partial charge in [0.2, 0.25) is 17.7 Å². The number of carbonyl (C=O) groups is 4. The third kappa shape index (κ3) is 12.7. The minimum atomic E-state index is -1.24. The first-order chi connectivity index (χ1) is 21.3. The molecule has 16 nitrogen and oxygen atoms in total. The molecular formula is C29H47N11O5. The highest BCUT2D eigenvalue weighted by atomic mass is 16.4. The zero-order chi connectivity index (χ0) is 33.5. The lowest BCUT2D eigenvalue weighted by atomic mass is 10.00. The highest BCUT2D eigenvalue weighted by molar-refractivity contribution is 5.95. The molecule has 0 bridgehead atoms. The maximum atomic E-state index is 13.7. The molecule has 1 aromatic carbocycles. The Morgan fingerprint density at radius 2 is 1.38 bits per heavy atom. The van der Waals surface area contributed by atoms with E-state index in [4.69, 9.17) is 28.7 Å². The highest BCUT2D eigenvalue weighted by Crippen LogP contribution is 2.19. The van der Waals surface area contributed by atoms with Crippen molar-refractivity contribution in [1.82, 2.24) is 20.9 Å². The number of hydrogen-bond acceptors (Lipinski definition) is 7. The van der Waals surface area contributed by atoms with Crippen LogP contribution in [-0.4, -0.2) is 83.0 Å². The number of carboxylic acids is 1. The number of aliphatic carboxylic acids is 1. The first kappa shape index (κ1) is 36.3. The average Bonchev–Trinajstić information content (AvgIpc) is 3.37.